The highest BCUT2D eigenvalue weighted by Crippen LogP contribution is 2.13. The van der Waals surface area contributed by atoms with Gasteiger partial charge in [-0.1, -0.05) is 58.9 Å². The Bertz CT molecular complexity index is 500. The number of hydrogen-bond donors (Lipinski definition) is 0. The molecule has 2 radical (unpaired) electrons. The van der Waals surface area contributed by atoms with Crippen LogP contribution in [0.4, 0.5) is 4.39 Å². The number of hydrogen-bond acceptors (Lipinski definition) is 0. The molecule has 0 aliphatic heterocycles. The molecular formula is C15H13FSi. The van der Waals surface area contributed by atoms with Crippen LogP contribution in [0.1, 0.15) is 12.5 Å². The zero-order valence-electron chi connectivity index (χ0n) is 9.65. The van der Waals surface area contributed by atoms with Gasteiger partial charge in [-0.3, -0.25) is 0 Å². The predicted molar refractivity (Wildman–Crippen MR) is 71.9 cm³/mol. The van der Waals surface area contributed by atoms with E-state index in [-0.39, 0.29) is 5.82 Å². The highest BCUT2D eigenvalue weighted by atomic mass is 28.2. The zero-order valence-corrected chi connectivity index (χ0v) is 10.7. The maximum atomic E-state index is 12.9. The highest BCUT2D eigenvalue weighted by molar-refractivity contribution is 6.73. The molecule has 0 aliphatic carbocycles. The maximum Gasteiger partial charge on any atom is 0.123 e. The minimum absolute atomic E-state index is 0.188. The smallest absolute Gasteiger partial charge is 0.123 e. The summed E-state index contributed by atoms with van der Waals surface area (Å²) in [5.41, 5.74) is 1.09. The average molecular weight is 240 g/mol. The Hall–Kier alpha value is -1.67. The molecule has 0 unspecified atom stereocenters. The van der Waals surface area contributed by atoms with Gasteiger partial charge in [0.1, 0.15) is 15.3 Å². The minimum atomic E-state index is -0.188. The lowest BCUT2D eigenvalue weighted by molar-refractivity contribution is 0.627. The summed E-state index contributed by atoms with van der Waals surface area (Å²) in [5.74, 6) is -0.188. The lowest BCUT2D eigenvalue weighted by Gasteiger charge is -2.06. The van der Waals surface area contributed by atoms with Crippen LogP contribution in [0.15, 0.2) is 60.7 Å². The van der Waals surface area contributed by atoms with E-state index >= 15 is 0 Å². The third-order valence-electron chi connectivity index (χ3n) is 2.50. The molecule has 0 atom stereocenters. The molecule has 0 amide bonds. The fourth-order valence-corrected chi connectivity index (χ4v) is 2.74. The van der Waals surface area contributed by atoms with Crippen molar-refractivity contribution in [2.75, 3.05) is 0 Å². The van der Waals surface area contributed by atoms with Crippen molar-refractivity contribution in [2.24, 2.45) is 0 Å². The van der Waals surface area contributed by atoms with E-state index in [9.17, 15) is 4.39 Å². The van der Waals surface area contributed by atoms with Crippen molar-refractivity contribution in [2.45, 2.75) is 6.92 Å². The molecule has 0 aliphatic rings. The normalized spacial score (nSPS) is 11.5. The average Bonchev–Trinajstić information content (AvgIpc) is 2.38. The Morgan fingerprint density at radius 2 is 1.65 bits per heavy atom. The van der Waals surface area contributed by atoms with Crippen molar-refractivity contribution in [1.29, 1.82) is 0 Å². The Morgan fingerprint density at radius 1 is 1.00 bits per heavy atom. The van der Waals surface area contributed by atoms with Crippen LogP contribution in [0, 0.1) is 5.82 Å². The van der Waals surface area contributed by atoms with Gasteiger partial charge in [-0.2, -0.15) is 0 Å². The molecule has 84 valence electrons. The van der Waals surface area contributed by atoms with Gasteiger partial charge in [0.2, 0.25) is 0 Å². The molecule has 0 fully saturated rings. The van der Waals surface area contributed by atoms with E-state index in [1.165, 1.54) is 22.5 Å². The lowest BCUT2D eigenvalue weighted by Crippen LogP contribution is -2.15. The molecule has 2 aromatic carbocycles. The summed E-state index contributed by atoms with van der Waals surface area (Å²) in [6, 6.07) is 17.0. The van der Waals surface area contributed by atoms with Gasteiger partial charge in [-0.15, -0.1) is 0 Å². The molecule has 2 rings (SSSR count). The summed E-state index contributed by atoms with van der Waals surface area (Å²) in [6.45, 7) is 2.02. The standard InChI is InChI=1S/C15H13FSi/c1-2-15(12-8-10-13(16)11-9-12)17-14-6-4-3-5-7-14/h2-11H,1H3/b15-2+. The monoisotopic (exact) mass is 240 g/mol. The van der Waals surface area contributed by atoms with Crippen molar-refractivity contribution in [1.82, 2.24) is 0 Å². The Morgan fingerprint density at radius 3 is 2.24 bits per heavy atom. The van der Waals surface area contributed by atoms with Crippen molar-refractivity contribution in [3.05, 3.63) is 72.1 Å². The summed E-state index contributed by atoms with van der Waals surface area (Å²) < 4.78 is 12.9. The van der Waals surface area contributed by atoms with E-state index in [0.29, 0.717) is 9.52 Å². The Labute approximate surface area is 104 Å². The maximum absolute atomic E-state index is 12.9. The van der Waals surface area contributed by atoms with Gasteiger partial charge >= 0.3 is 0 Å². The van der Waals surface area contributed by atoms with Crippen molar-refractivity contribution in [3.63, 3.8) is 0 Å². The summed E-state index contributed by atoms with van der Waals surface area (Å²) in [7, 11) is 0.608. The van der Waals surface area contributed by atoms with Crippen LogP contribution < -0.4 is 5.19 Å². The summed E-state index contributed by atoms with van der Waals surface area (Å²) in [6.07, 6.45) is 2.10. The second-order valence-electron chi connectivity index (χ2n) is 3.70. The third-order valence-corrected chi connectivity index (χ3v) is 3.97. The molecule has 0 saturated heterocycles. The zero-order chi connectivity index (χ0) is 12.1. The minimum Gasteiger partial charge on any atom is -0.207 e. The quantitative estimate of drug-likeness (QED) is 0.723. The van der Waals surface area contributed by atoms with Crippen molar-refractivity contribution >= 4 is 19.9 Å². The molecule has 2 heteroatoms. The molecule has 0 heterocycles. The highest BCUT2D eigenvalue weighted by Gasteiger charge is 2.03. The number of allylic oxidation sites excluding steroid dienone is 1. The first-order chi connectivity index (χ1) is 8.29. The SMILES string of the molecule is C/C=C(/[Si]c1ccccc1)c1ccc(F)cc1. The van der Waals surface area contributed by atoms with E-state index < -0.39 is 0 Å². The summed E-state index contributed by atoms with van der Waals surface area (Å²) in [4.78, 5) is 0. The Balaban J connectivity index is 2.21. The van der Waals surface area contributed by atoms with Crippen LogP contribution in [0.5, 0.6) is 0 Å². The van der Waals surface area contributed by atoms with E-state index in [1.807, 2.05) is 37.3 Å². The molecule has 2 aromatic rings. The number of benzene rings is 2. The second kappa shape index (κ2) is 5.59. The molecule has 0 saturated carbocycles. The Kier molecular flexibility index (Phi) is 3.88. The largest absolute Gasteiger partial charge is 0.207 e. The van der Waals surface area contributed by atoms with E-state index in [0.717, 1.165) is 5.56 Å². The topological polar surface area (TPSA) is 0 Å². The summed E-state index contributed by atoms with van der Waals surface area (Å²) >= 11 is 0. The van der Waals surface area contributed by atoms with Crippen molar-refractivity contribution in [3.8, 4) is 0 Å². The third kappa shape index (κ3) is 3.14. The van der Waals surface area contributed by atoms with Gasteiger partial charge in [0.25, 0.3) is 0 Å². The first-order valence-electron chi connectivity index (χ1n) is 5.54. The summed E-state index contributed by atoms with van der Waals surface area (Å²) in [5, 5.41) is 2.54. The first-order valence-corrected chi connectivity index (χ1v) is 6.54. The van der Waals surface area contributed by atoms with Gasteiger partial charge in [-0.05, 0) is 24.6 Å². The van der Waals surface area contributed by atoms with Crippen LogP contribution in [0.3, 0.4) is 0 Å². The first kappa shape index (κ1) is 11.8. The van der Waals surface area contributed by atoms with Crippen LogP contribution in [0.2, 0.25) is 0 Å². The molecule has 17 heavy (non-hydrogen) atoms. The van der Waals surface area contributed by atoms with Gasteiger partial charge in [0.15, 0.2) is 0 Å². The molecule has 0 N–H and O–H groups in total. The van der Waals surface area contributed by atoms with E-state index in [1.54, 1.807) is 0 Å². The second-order valence-corrected chi connectivity index (χ2v) is 5.07. The number of rotatable bonds is 3. The van der Waals surface area contributed by atoms with Gasteiger partial charge < -0.3 is 0 Å². The molecule has 0 bridgehead atoms. The van der Waals surface area contributed by atoms with Gasteiger partial charge in [0.05, 0.1) is 0 Å². The van der Waals surface area contributed by atoms with Crippen LogP contribution in [0.25, 0.3) is 5.20 Å². The van der Waals surface area contributed by atoms with Gasteiger partial charge in [-0.25, -0.2) is 4.39 Å². The fourth-order valence-electron chi connectivity index (χ4n) is 1.62. The van der Waals surface area contributed by atoms with Crippen LogP contribution in [-0.2, 0) is 0 Å². The predicted octanol–water partition coefficient (Wildman–Crippen LogP) is 3.22. The van der Waals surface area contributed by atoms with Crippen LogP contribution in [-0.4, -0.2) is 9.52 Å². The molecule has 0 aromatic heterocycles. The molecular weight excluding hydrogens is 227 g/mol. The van der Waals surface area contributed by atoms with E-state index in [4.69, 9.17) is 0 Å². The van der Waals surface area contributed by atoms with Crippen molar-refractivity contribution < 1.29 is 4.39 Å². The fraction of sp³-hybridized carbons (Fsp3) is 0.0667. The van der Waals surface area contributed by atoms with Gasteiger partial charge in [0, 0.05) is 0 Å². The molecule has 0 nitrogen and oxygen atoms in total. The number of halogens is 1. The lowest BCUT2D eigenvalue weighted by atomic mass is 10.2. The van der Waals surface area contributed by atoms with Crippen LogP contribution >= 0.6 is 0 Å². The van der Waals surface area contributed by atoms with E-state index in [2.05, 4.69) is 18.2 Å². The molecule has 0 spiro atoms.